The number of hydrogen-bond donors (Lipinski definition) is 2. The fourth-order valence-corrected chi connectivity index (χ4v) is 2.65. The van der Waals surface area contributed by atoms with Gasteiger partial charge in [-0.25, -0.2) is 4.79 Å². The second-order valence-corrected chi connectivity index (χ2v) is 6.35. The molecule has 3 rings (SSSR count). The Balaban J connectivity index is 1.62. The second kappa shape index (κ2) is 8.72. The molecule has 0 aliphatic carbocycles. The molecule has 29 heavy (non-hydrogen) atoms. The van der Waals surface area contributed by atoms with Crippen LogP contribution < -0.4 is 5.32 Å². The number of phenols is 1. The summed E-state index contributed by atoms with van der Waals surface area (Å²) in [7, 11) is 0. The Morgan fingerprint density at radius 3 is 2.24 bits per heavy atom. The molecule has 0 unspecified atom stereocenters. The van der Waals surface area contributed by atoms with Crippen molar-refractivity contribution in [1.29, 1.82) is 5.26 Å². The monoisotopic (exact) mass is 386 g/mol. The van der Waals surface area contributed by atoms with Gasteiger partial charge in [-0.1, -0.05) is 30.3 Å². The number of anilines is 1. The van der Waals surface area contributed by atoms with Gasteiger partial charge in [-0.15, -0.1) is 0 Å². The van der Waals surface area contributed by atoms with Crippen LogP contribution in [0.4, 0.5) is 5.69 Å². The van der Waals surface area contributed by atoms with Crippen LogP contribution in [0, 0.1) is 11.3 Å². The molecule has 0 heterocycles. The summed E-state index contributed by atoms with van der Waals surface area (Å²) >= 11 is 0. The highest BCUT2D eigenvalue weighted by atomic mass is 16.5. The molecular formula is C23H18N2O4. The number of hydrogen-bond acceptors (Lipinski definition) is 5. The van der Waals surface area contributed by atoms with E-state index < -0.39 is 18.0 Å². The predicted molar refractivity (Wildman–Crippen MR) is 108 cm³/mol. The smallest absolute Gasteiger partial charge is 0.338 e. The lowest BCUT2D eigenvalue weighted by Gasteiger charge is -2.14. The molecule has 0 saturated heterocycles. The Bertz CT molecular complexity index is 1070. The summed E-state index contributed by atoms with van der Waals surface area (Å²) in [6, 6.07) is 21.9. The normalized spacial score (nSPS) is 11.2. The van der Waals surface area contributed by atoms with Crippen LogP contribution in [0.1, 0.15) is 22.8 Å². The zero-order chi connectivity index (χ0) is 20.8. The van der Waals surface area contributed by atoms with Gasteiger partial charge in [-0.2, -0.15) is 5.26 Å². The number of nitriles is 1. The van der Waals surface area contributed by atoms with Gasteiger partial charge in [0.2, 0.25) is 0 Å². The van der Waals surface area contributed by atoms with Gasteiger partial charge in [0, 0.05) is 5.69 Å². The molecule has 0 aromatic heterocycles. The SMILES string of the molecule is C[C@@H](OC(=O)c1ccc(-c2ccc(O)cc2)cc1)C(=O)Nc1cccc(C#N)c1. The number of nitrogens with zero attached hydrogens (tertiary/aromatic N) is 1. The van der Waals surface area contributed by atoms with Gasteiger partial charge < -0.3 is 15.2 Å². The van der Waals surface area contributed by atoms with Crippen molar-refractivity contribution < 1.29 is 19.4 Å². The van der Waals surface area contributed by atoms with Gasteiger partial charge in [-0.05, 0) is 60.5 Å². The molecule has 3 aromatic rings. The Morgan fingerprint density at radius 1 is 1.00 bits per heavy atom. The molecule has 0 aliphatic rings. The van der Waals surface area contributed by atoms with Crippen LogP contribution in [-0.4, -0.2) is 23.1 Å². The van der Waals surface area contributed by atoms with Crippen molar-refractivity contribution in [2.75, 3.05) is 5.32 Å². The third-order valence-corrected chi connectivity index (χ3v) is 4.23. The van der Waals surface area contributed by atoms with Crippen LogP contribution in [0.5, 0.6) is 5.75 Å². The molecule has 1 amide bonds. The number of esters is 1. The first kappa shape index (κ1) is 19.6. The van der Waals surface area contributed by atoms with E-state index in [1.165, 1.54) is 13.0 Å². The quantitative estimate of drug-likeness (QED) is 0.643. The van der Waals surface area contributed by atoms with Crippen LogP contribution >= 0.6 is 0 Å². The van der Waals surface area contributed by atoms with Crippen molar-refractivity contribution in [3.8, 4) is 22.9 Å². The summed E-state index contributed by atoms with van der Waals surface area (Å²) in [5.41, 5.74) is 2.97. The highest BCUT2D eigenvalue weighted by Crippen LogP contribution is 2.22. The molecule has 0 radical (unpaired) electrons. The molecular weight excluding hydrogens is 368 g/mol. The van der Waals surface area contributed by atoms with Crippen LogP contribution in [0.15, 0.2) is 72.8 Å². The van der Waals surface area contributed by atoms with Gasteiger partial charge in [0.1, 0.15) is 5.75 Å². The average molecular weight is 386 g/mol. The molecule has 1 atom stereocenters. The van der Waals surface area contributed by atoms with Crippen LogP contribution in [0.2, 0.25) is 0 Å². The summed E-state index contributed by atoms with van der Waals surface area (Å²) in [5.74, 6) is -0.926. The average Bonchev–Trinajstić information content (AvgIpc) is 2.74. The number of rotatable bonds is 5. The fraction of sp³-hybridized carbons (Fsp3) is 0.0870. The lowest BCUT2D eigenvalue weighted by molar-refractivity contribution is -0.123. The zero-order valence-electron chi connectivity index (χ0n) is 15.6. The molecule has 3 aromatic carbocycles. The Labute approximate surface area is 168 Å². The summed E-state index contributed by atoms with van der Waals surface area (Å²) in [4.78, 5) is 24.6. The minimum absolute atomic E-state index is 0.181. The molecule has 6 heteroatoms. The van der Waals surface area contributed by atoms with E-state index in [0.717, 1.165) is 11.1 Å². The summed E-state index contributed by atoms with van der Waals surface area (Å²) < 4.78 is 5.24. The number of carbonyl (C=O) groups is 2. The third kappa shape index (κ3) is 4.99. The highest BCUT2D eigenvalue weighted by molar-refractivity contribution is 5.97. The lowest BCUT2D eigenvalue weighted by Crippen LogP contribution is -2.30. The molecule has 0 saturated carbocycles. The molecule has 0 aliphatic heterocycles. The van der Waals surface area contributed by atoms with Gasteiger partial charge in [0.15, 0.2) is 6.10 Å². The van der Waals surface area contributed by atoms with E-state index in [2.05, 4.69) is 5.32 Å². The van der Waals surface area contributed by atoms with Crippen molar-refractivity contribution in [3.63, 3.8) is 0 Å². The lowest BCUT2D eigenvalue weighted by atomic mass is 10.0. The van der Waals surface area contributed by atoms with Crippen molar-refractivity contribution in [1.82, 2.24) is 0 Å². The van der Waals surface area contributed by atoms with E-state index in [9.17, 15) is 14.7 Å². The van der Waals surface area contributed by atoms with E-state index >= 15 is 0 Å². The molecule has 6 nitrogen and oxygen atoms in total. The predicted octanol–water partition coefficient (Wildman–Crippen LogP) is 4.11. The number of amides is 1. The van der Waals surface area contributed by atoms with Crippen molar-refractivity contribution in [2.24, 2.45) is 0 Å². The van der Waals surface area contributed by atoms with Crippen LogP contribution in [0.3, 0.4) is 0 Å². The van der Waals surface area contributed by atoms with E-state index in [0.29, 0.717) is 16.8 Å². The van der Waals surface area contributed by atoms with E-state index in [1.807, 2.05) is 6.07 Å². The highest BCUT2D eigenvalue weighted by Gasteiger charge is 2.19. The van der Waals surface area contributed by atoms with Crippen molar-refractivity contribution in [3.05, 3.63) is 83.9 Å². The summed E-state index contributed by atoms with van der Waals surface area (Å²) in [5, 5.41) is 20.9. The summed E-state index contributed by atoms with van der Waals surface area (Å²) in [6.07, 6.45) is -1.01. The largest absolute Gasteiger partial charge is 0.508 e. The van der Waals surface area contributed by atoms with Crippen LogP contribution in [0.25, 0.3) is 11.1 Å². The topological polar surface area (TPSA) is 99.4 Å². The van der Waals surface area contributed by atoms with Crippen molar-refractivity contribution >= 4 is 17.6 Å². The zero-order valence-corrected chi connectivity index (χ0v) is 15.6. The standard InChI is InChI=1S/C23H18N2O4/c1-15(22(27)25-20-4-2-3-16(13-20)14-24)29-23(28)19-7-5-17(6-8-19)18-9-11-21(26)12-10-18/h2-13,15,26H,1H3,(H,25,27)/t15-/m1/s1. The third-order valence-electron chi connectivity index (χ3n) is 4.23. The number of ether oxygens (including phenoxy) is 1. The maximum Gasteiger partial charge on any atom is 0.338 e. The molecule has 0 fully saturated rings. The van der Waals surface area contributed by atoms with E-state index in [1.54, 1.807) is 66.7 Å². The molecule has 0 spiro atoms. The maximum atomic E-state index is 12.3. The Kier molecular flexibility index (Phi) is 5.91. The minimum Gasteiger partial charge on any atom is -0.508 e. The van der Waals surface area contributed by atoms with Gasteiger partial charge >= 0.3 is 5.97 Å². The van der Waals surface area contributed by atoms with Crippen molar-refractivity contribution in [2.45, 2.75) is 13.0 Å². The molecule has 144 valence electrons. The van der Waals surface area contributed by atoms with Gasteiger partial charge in [0.05, 0.1) is 17.2 Å². The van der Waals surface area contributed by atoms with Crippen LogP contribution in [-0.2, 0) is 9.53 Å². The second-order valence-electron chi connectivity index (χ2n) is 6.35. The first-order chi connectivity index (χ1) is 14.0. The van der Waals surface area contributed by atoms with E-state index in [-0.39, 0.29) is 5.75 Å². The minimum atomic E-state index is -1.01. The number of carbonyl (C=O) groups excluding carboxylic acids is 2. The number of benzene rings is 3. The summed E-state index contributed by atoms with van der Waals surface area (Å²) in [6.45, 7) is 1.48. The number of aromatic hydroxyl groups is 1. The first-order valence-electron chi connectivity index (χ1n) is 8.88. The molecule has 2 N–H and O–H groups in total. The first-order valence-corrected chi connectivity index (χ1v) is 8.88. The van der Waals surface area contributed by atoms with Gasteiger partial charge in [0.25, 0.3) is 5.91 Å². The van der Waals surface area contributed by atoms with Gasteiger partial charge in [-0.3, -0.25) is 4.79 Å². The maximum absolute atomic E-state index is 12.3. The number of nitrogens with one attached hydrogen (secondary N) is 1. The Morgan fingerprint density at radius 2 is 1.62 bits per heavy atom. The number of phenolic OH excluding ortho intramolecular Hbond substituents is 1. The molecule has 0 bridgehead atoms. The van der Waals surface area contributed by atoms with E-state index in [4.69, 9.17) is 10.00 Å². The fourth-order valence-electron chi connectivity index (χ4n) is 2.65. The Hall–Kier alpha value is -4.11.